The van der Waals surface area contributed by atoms with Crippen molar-refractivity contribution >= 4 is 29.0 Å². The predicted molar refractivity (Wildman–Crippen MR) is 69.2 cm³/mol. The van der Waals surface area contributed by atoms with E-state index in [2.05, 4.69) is 20.6 Å². The van der Waals surface area contributed by atoms with Crippen molar-refractivity contribution in [2.45, 2.75) is 6.54 Å². The molecule has 0 aliphatic carbocycles. The monoisotopic (exact) mass is 278 g/mol. The molecule has 2 aromatic heterocycles. The van der Waals surface area contributed by atoms with Crippen LogP contribution in [0.3, 0.4) is 0 Å². The van der Waals surface area contributed by atoms with Crippen molar-refractivity contribution in [3.05, 3.63) is 40.6 Å². The van der Waals surface area contributed by atoms with Crippen LogP contribution >= 0.6 is 11.3 Å². The largest absolute Gasteiger partial charge is 0.476 e. The lowest BCUT2D eigenvalue weighted by Crippen LogP contribution is -2.28. The molecule has 0 bridgehead atoms. The normalized spacial score (nSPS) is 9.89. The van der Waals surface area contributed by atoms with E-state index >= 15 is 0 Å². The fourth-order valence-electron chi connectivity index (χ4n) is 1.26. The van der Waals surface area contributed by atoms with Crippen LogP contribution in [0.25, 0.3) is 0 Å². The number of carbonyl (C=O) groups excluding carboxylic acids is 1. The summed E-state index contributed by atoms with van der Waals surface area (Å²) in [5.74, 6) is -1.08. The number of aromatic nitrogens is 2. The van der Waals surface area contributed by atoms with Crippen LogP contribution in [0.15, 0.2) is 29.9 Å². The maximum absolute atomic E-state index is 11.5. The predicted octanol–water partition coefficient (Wildman–Crippen LogP) is 1.56. The highest BCUT2D eigenvalue weighted by Gasteiger charge is 2.09. The summed E-state index contributed by atoms with van der Waals surface area (Å²) in [4.78, 5) is 29.9. The van der Waals surface area contributed by atoms with E-state index in [9.17, 15) is 9.59 Å². The second kappa shape index (κ2) is 5.91. The third kappa shape index (κ3) is 3.75. The van der Waals surface area contributed by atoms with Gasteiger partial charge in [0.05, 0.1) is 18.4 Å². The first-order chi connectivity index (χ1) is 9.15. The Kier molecular flexibility index (Phi) is 4.04. The zero-order valence-electron chi connectivity index (χ0n) is 9.66. The van der Waals surface area contributed by atoms with Gasteiger partial charge in [0.25, 0.3) is 0 Å². The number of amides is 2. The van der Waals surface area contributed by atoms with Gasteiger partial charge in [0, 0.05) is 11.6 Å². The molecule has 3 N–H and O–H groups in total. The van der Waals surface area contributed by atoms with Crippen LogP contribution in [0.5, 0.6) is 0 Å². The van der Waals surface area contributed by atoms with Gasteiger partial charge in [-0.1, -0.05) is 0 Å². The number of urea groups is 1. The van der Waals surface area contributed by atoms with Crippen molar-refractivity contribution in [2.75, 3.05) is 5.32 Å². The van der Waals surface area contributed by atoms with Gasteiger partial charge in [-0.2, -0.15) is 0 Å². The number of aromatic carboxylic acids is 1. The number of carboxylic acids is 1. The molecule has 2 aromatic rings. The van der Waals surface area contributed by atoms with Crippen molar-refractivity contribution in [3.63, 3.8) is 0 Å². The van der Waals surface area contributed by atoms with Crippen molar-refractivity contribution in [2.24, 2.45) is 0 Å². The molecule has 7 nitrogen and oxygen atoms in total. The van der Waals surface area contributed by atoms with E-state index in [0.717, 1.165) is 0 Å². The molecule has 0 aromatic carbocycles. The molecule has 0 fully saturated rings. The molecule has 0 aliphatic rings. The number of pyridine rings is 1. The fourth-order valence-corrected chi connectivity index (χ4v) is 1.97. The van der Waals surface area contributed by atoms with E-state index in [0.29, 0.717) is 10.7 Å². The van der Waals surface area contributed by atoms with Gasteiger partial charge in [-0.25, -0.2) is 14.6 Å². The average molecular weight is 278 g/mol. The molecular formula is C11H10N4O3S. The molecule has 0 spiro atoms. The minimum atomic E-state index is -1.08. The summed E-state index contributed by atoms with van der Waals surface area (Å²) >= 11 is 1.18. The lowest BCUT2D eigenvalue weighted by Gasteiger charge is -2.05. The summed E-state index contributed by atoms with van der Waals surface area (Å²) in [6.07, 6.45) is 3.12. The van der Waals surface area contributed by atoms with Crippen LogP contribution in [-0.4, -0.2) is 27.1 Å². The van der Waals surface area contributed by atoms with Crippen LogP contribution in [-0.2, 0) is 6.54 Å². The summed E-state index contributed by atoms with van der Waals surface area (Å²) in [6.45, 7) is 0.171. The minimum Gasteiger partial charge on any atom is -0.476 e. The van der Waals surface area contributed by atoms with Gasteiger partial charge < -0.3 is 15.7 Å². The Balaban J connectivity index is 1.84. The molecule has 2 rings (SSSR count). The van der Waals surface area contributed by atoms with Crippen LogP contribution < -0.4 is 10.6 Å². The lowest BCUT2D eigenvalue weighted by molar-refractivity contribution is 0.0691. The Morgan fingerprint density at radius 1 is 1.42 bits per heavy atom. The van der Waals surface area contributed by atoms with E-state index in [1.807, 2.05) is 0 Å². The Morgan fingerprint density at radius 2 is 2.26 bits per heavy atom. The highest BCUT2D eigenvalue weighted by atomic mass is 32.1. The van der Waals surface area contributed by atoms with Crippen LogP contribution in [0.4, 0.5) is 10.5 Å². The zero-order chi connectivity index (χ0) is 13.7. The summed E-state index contributed by atoms with van der Waals surface area (Å²) < 4.78 is 0. The number of nitrogens with one attached hydrogen (secondary N) is 2. The number of hydrogen-bond acceptors (Lipinski definition) is 5. The van der Waals surface area contributed by atoms with Crippen molar-refractivity contribution in [1.82, 2.24) is 15.3 Å². The molecule has 0 atom stereocenters. The number of anilines is 1. The maximum Gasteiger partial charge on any atom is 0.355 e. The van der Waals surface area contributed by atoms with Gasteiger partial charge in [-0.15, -0.1) is 11.3 Å². The summed E-state index contributed by atoms with van der Waals surface area (Å²) in [7, 11) is 0. The first-order valence-corrected chi connectivity index (χ1v) is 6.15. The molecule has 0 saturated carbocycles. The van der Waals surface area contributed by atoms with Gasteiger partial charge in [-0.05, 0) is 12.1 Å². The molecule has 0 aliphatic heterocycles. The average Bonchev–Trinajstić information content (AvgIpc) is 2.86. The van der Waals surface area contributed by atoms with E-state index in [1.165, 1.54) is 22.9 Å². The molecule has 0 radical (unpaired) electrons. The van der Waals surface area contributed by atoms with E-state index < -0.39 is 12.0 Å². The Labute approximate surface area is 112 Å². The number of rotatable bonds is 4. The molecule has 2 amide bonds. The summed E-state index contributed by atoms with van der Waals surface area (Å²) in [5, 5.41) is 15.8. The first-order valence-electron chi connectivity index (χ1n) is 5.28. The lowest BCUT2D eigenvalue weighted by atomic mass is 10.4. The molecule has 8 heteroatoms. The Bertz CT molecular complexity index is 585. The fraction of sp³-hybridized carbons (Fsp3) is 0.0909. The minimum absolute atomic E-state index is 0.0190. The standard InChI is InChI=1S/C11H10N4O3S/c16-10(17)8-6-19-9(15-8)5-13-11(18)14-7-2-1-3-12-4-7/h1-4,6H,5H2,(H,16,17)(H2,13,14,18). The Hall–Kier alpha value is -2.48. The molecule has 0 saturated heterocycles. The van der Waals surface area contributed by atoms with Crippen molar-refractivity contribution in [3.8, 4) is 0 Å². The number of nitrogens with zero attached hydrogens (tertiary/aromatic N) is 2. The second-order valence-electron chi connectivity index (χ2n) is 3.48. The van der Waals surface area contributed by atoms with Crippen LogP contribution in [0.2, 0.25) is 0 Å². The molecule has 19 heavy (non-hydrogen) atoms. The summed E-state index contributed by atoms with van der Waals surface area (Å²) in [6, 6.07) is 3.01. The quantitative estimate of drug-likeness (QED) is 0.787. The van der Waals surface area contributed by atoms with Gasteiger partial charge in [0.1, 0.15) is 5.01 Å². The summed E-state index contributed by atoms with van der Waals surface area (Å²) in [5.41, 5.74) is 0.555. The third-order valence-corrected chi connectivity index (χ3v) is 2.94. The van der Waals surface area contributed by atoms with E-state index in [4.69, 9.17) is 5.11 Å². The van der Waals surface area contributed by atoms with E-state index in [1.54, 1.807) is 18.3 Å². The van der Waals surface area contributed by atoms with Gasteiger partial charge >= 0.3 is 12.0 Å². The zero-order valence-corrected chi connectivity index (χ0v) is 10.5. The van der Waals surface area contributed by atoms with Gasteiger partial charge in [-0.3, -0.25) is 4.98 Å². The number of carbonyl (C=O) groups is 2. The van der Waals surface area contributed by atoms with Gasteiger partial charge in [0.15, 0.2) is 5.69 Å². The van der Waals surface area contributed by atoms with Crippen LogP contribution in [0, 0.1) is 0 Å². The molecular weight excluding hydrogens is 268 g/mol. The number of hydrogen-bond donors (Lipinski definition) is 3. The van der Waals surface area contributed by atoms with E-state index in [-0.39, 0.29) is 12.2 Å². The maximum atomic E-state index is 11.5. The highest BCUT2D eigenvalue weighted by molar-refractivity contribution is 7.09. The Morgan fingerprint density at radius 3 is 2.89 bits per heavy atom. The third-order valence-electron chi connectivity index (χ3n) is 2.09. The number of thiazole rings is 1. The van der Waals surface area contributed by atoms with Crippen molar-refractivity contribution in [1.29, 1.82) is 0 Å². The number of carboxylic acid groups (broad SMARTS) is 1. The molecule has 0 unspecified atom stereocenters. The topological polar surface area (TPSA) is 104 Å². The smallest absolute Gasteiger partial charge is 0.355 e. The van der Waals surface area contributed by atoms with Crippen LogP contribution in [0.1, 0.15) is 15.5 Å². The first kappa shape index (κ1) is 13.0. The SMILES string of the molecule is O=C(NCc1nc(C(=O)O)cs1)Nc1cccnc1. The second-order valence-corrected chi connectivity index (χ2v) is 4.42. The van der Waals surface area contributed by atoms with Crippen molar-refractivity contribution < 1.29 is 14.7 Å². The van der Waals surface area contributed by atoms with Gasteiger partial charge in [0.2, 0.25) is 0 Å². The molecule has 2 heterocycles. The highest BCUT2D eigenvalue weighted by Crippen LogP contribution is 2.09. The molecule has 98 valence electrons.